The molecule has 3 N–H and O–H groups in total. The Hall–Kier alpha value is -4.06. The fourth-order valence-corrected chi connectivity index (χ4v) is 7.70. The summed E-state index contributed by atoms with van der Waals surface area (Å²) in [6.45, 7) is 0. The minimum absolute atomic E-state index is 0.148. The molecule has 198 valence electrons. The lowest BCUT2D eigenvalue weighted by atomic mass is 9.49. The third-order valence-electron chi connectivity index (χ3n) is 9.20. The van der Waals surface area contributed by atoms with Crippen LogP contribution in [0.3, 0.4) is 0 Å². The van der Waals surface area contributed by atoms with E-state index in [0.29, 0.717) is 11.3 Å². The number of carbonyl (C=O) groups excluding carboxylic acids is 2. The molecular weight excluding hydrogens is 486 g/mol. The highest BCUT2D eigenvalue weighted by Crippen LogP contribution is 2.60. The standard InChI is InChI=1S/C33H33N3O3/c1-39-28-9-4-24(5-10-28)31(37)34-27-8-11-29-25(15-27)16-30(36-29)23-2-6-26(7-3-23)35-32(38)33-17-20-12-21(18-33)14-22(13-20)19-33/h2-11,15-16,20-22,36H,12-14,17-19H2,1H3,(H,34,37)(H,35,38). The number of benzene rings is 3. The molecule has 0 spiro atoms. The van der Waals surface area contributed by atoms with E-state index in [9.17, 15) is 9.59 Å². The van der Waals surface area contributed by atoms with Gasteiger partial charge in [0.25, 0.3) is 5.91 Å². The molecule has 39 heavy (non-hydrogen) atoms. The lowest BCUT2D eigenvalue weighted by Crippen LogP contribution is -2.51. The van der Waals surface area contributed by atoms with Crippen molar-refractivity contribution in [1.82, 2.24) is 4.98 Å². The van der Waals surface area contributed by atoms with E-state index in [4.69, 9.17) is 4.74 Å². The summed E-state index contributed by atoms with van der Waals surface area (Å²) in [6.07, 6.45) is 7.22. The van der Waals surface area contributed by atoms with Gasteiger partial charge in [-0.25, -0.2) is 0 Å². The molecule has 3 aromatic carbocycles. The fourth-order valence-electron chi connectivity index (χ4n) is 7.70. The summed E-state index contributed by atoms with van der Waals surface area (Å²) in [5.41, 5.74) is 5.04. The molecule has 4 aromatic rings. The van der Waals surface area contributed by atoms with Gasteiger partial charge in [-0.3, -0.25) is 9.59 Å². The van der Waals surface area contributed by atoms with Crippen LogP contribution in [0.5, 0.6) is 5.75 Å². The van der Waals surface area contributed by atoms with Crippen molar-refractivity contribution in [2.75, 3.05) is 17.7 Å². The Morgan fingerprint density at radius 2 is 1.44 bits per heavy atom. The summed E-state index contributed by atoms with van der Waals surface area (Å²) in [6, 6.07) is 23.1. The molecule has 1 heterocycles. The van der Waals surface area contributed by atoms with Crippen LogP contribution in [0.15, 0.2) is 72.8 Å². The molecule has 4 aliphatic rings. The van der Waals surface area contributed by atoms with Crippen molar-refractivity contribution >= 4 is 34.1 Å². The number of H-pyrrole nitrogens is 1. The number of nitrogens with one attached hydrogen (secondary N) is 3. The van der Waals surface area contributed by atoms with Crippen molar-refractivity contribution in [3.05, 3.63) is 78.4 Å². The Labute approximate surface area is 228 Å². The quantitative estimate of drug-likeness (QED) is 0.251. The molecule has 6 heteroatoms. The first kappa shape index (κ1) is 24.0. The molecule has 8 rings (SSSR count). The van der Waals surface area contributed by atoms with Gasteiger partial charge in [-0.05, 0) is 123 Å². The van der Waals surface area contributed by atoms with Crippen LogP contribution in [-0.2, 0) is 4.79 Å². The van der Waals surface area contributed by atoms with Gasteiger partial charge in [-0.15, -0.1) is 0 Å². The number of fused-ring (bicyclic) bond motifs is 1. The van der Waals surface area contributed by atoms with Gasteiger partial charge in [0, 0.05) is 33.5 Å². The molecule has 4 saturated carbocycles. The minimum Gasteiger partial charge on any atom is -0.497 e. The predicted molar refractivity (Wildman–Crippen MR) is 154 cm³/mol. The Morgan fingerprint density at radius 1 is 0.795 bits per heavy atom. The monoisotopic (exact) mass is 519 g/mol. The largest absolute Gasteiger partial charge is 0.497 e. The molecule has 0 saturated heterocycles. The van der Waals surface area contributed by atoms with E-state index in [1.54, 1.807) is 31.4 Å². The summed E-state index contributed by atoms with van der Waals surface area (Å²) in [7, 11) is 1.60. The van der Waals surface area contributed by atoms with Crippen molar-refractivity contribution in [2.24, 2.45) is 23.2 Å². The van der Waals surface area contributed by atoms with Crippen LogP contribution in [0.4, 0.5) is 11.4 Å². The van der Waals surface area contributed by atoms with Gasteiger partial charge in [0.2, 0.25) is 5.91 Å². The zero-order chi connectivity index (χ0) is 26.6. The number of amides is 2. The number of hydrogen-bond acceptors (Lipinski definition) is 3. The van der Waals surface area contributed by atoms with Crippen molar-refractivity contribution in [3.8, 4) is 17.0 Å². The van der Waals surface area contributed by atoms with Gasteiger partial charge in [0.15, 0.2) is 0 Å². The minimum atomic E-state index is -0.168. The molecule has 0 atom stereocenters. The van der Waals surface area contributed by atoms with Gasteiger partial charge in [0.1, 0.15) is 5.75 Å². The Morgan fingerprint density at radius 3 is 2.08 bits per heavy atom. The maximum absolute atomic E-state index is 13.4. The van der Waals surface area contributed by atoms with Gasteiger partial charge < -0.3 is 20.4 Å². The first-order valence-electron chi connectivity index (χ1n) is 14.0. The van der Waals surface area contributed by atoms with E-state index in [2.05, 4.69) is 21.7 Å². The topological polar surface area (TPSA) is 83.2 Å². The lowest BCUT2D eigenvalue weighted by molar-refractivity contribution is -0.140. The van der Waals surface area contributed by atoms with E-state index in [-0.39, 0.29) is 17.2 Å². The van der Waals surface area contributed by atoms with Crippen molar-refractivity contribution < 1.29 is 14.3 Å². The number of aromatic amines is 1. The fraction of sp³-hybridized carbons (Fsp3) is 0.333. The molecule has 4 aliphatic carbocycles. The third kappa shape index (κ3) is 4.48. The Kier molecular flexibility index (Phi) is 5.72. The van der Waals surface area contributed by atoms with E-state index < -0.39 is 0 Å². The number of rotatable bonds is 6. The summed E-state index contributed by atoms with van der Waals surface area (Å²) in [5.74, 6) is 3.03. The normalized spacial score (nSPS) is 25.0. The maximum Gasteiger partial charge on any atom is 0.255 e. The van der Waals surface area contributed by atoms with Gasteiger partial charge in [-0.1, -0.05) is 12.1 Å². The van der Waals surface area contributed by atoms with Crippen molar-refractivity contribution in [2.45, 2.75) is 38.5 Å². The summed E-state index contributed by atoms with van der Waals surface area (Å²) >= 11 is 0. The highest BCUT2D eigenvalue weighted by Gasteiger charge is 2.54. The summed E-state index contributed by atoms with van der Waals surface area (Å²) in [4.78, 5) is 29.6. The second-order valence-electron chi connectivity index (χ2n) is 11.9. The number of methoxy groups -OCH3 is 1. The number of carbonyl (C=O) groups is 2. The Bertz CT molecular complexity index is 1520. The van der Waals surface area contributed by atoms with Crippen LogP contribution < -0.4 is 15.4 Å². The van der Waals surface area contributed by atoms with Crippen LogP contribution in [0.2, 0.25) is 0 Å². The first-order chi connectivity index (χ1) is 19.0. The van der Waals surface area contributed by atoms with E-state index in [1.165, 1.54) is 19.3 Å². The molecule has 0 unspecified atom stereocenters. The molecule has 1 aromatic heterocycles. The second kappa shape index (κ2) is 9.30. The second-order valence-corrected chi connectivity index (χ2v) is 11.9. The smallest absolute Gasteiger partial charge is 0.255 e. The van der Waals surface area contributed by atoms with E-state index >= 15 is 0 Å². The zero-order valence-electron chi connectivity index (χ0n) is 22.1. The van der Waals surface area contributed by atoms with E-state index in [0.717, 1.165) is 70.6 Å². The van der Waals surface area contributed by atoms with Gasteiger partial charge in [0.05, 0.1) is 12.5 Å². The number of anilines is 2. The molecule has 0 radical (unpaired) electrons. The van der Waals surface area contributed by atoms with E-state index in [1.807, 2.05) is 42.5 Å². The Balaban J connectivity index is 1.04. The number of aromatic nitrogens is 1. The van der Waals surface area contributed by atoms with Crippen molar-refractivity contribution in [3.63, 3.8) is 0 Å². The highest BCUT2D eigenvalue weighted by atomic mass is 16.5. The van der Waals surface area contributed by atoms with Gasteiger partial charge >= 0.3 is 0 Å². The SMILES string of the molecule is COc1ccc(C(=O)Nc2ccc3[nH]c(-c4ccc(NC(=O)C56CC7CC(CC(C7)C5)C6)cc4)cc3c2)cc1. The van der Waals surface area contributed by atoms with Gasteiger partial charge in [-0.2, -0.15) is 0 Å². The molecular formula is C33H33N3O3. The van der Waals surface area contributed by atoms with Crippen LogP contribution in [0.1, 0.15) is 48.9 Å². The maximum atomic E-state index is 13.4. The summed E-state index contributed by atoms with van der Waals surface area (Å²) in [5, 5.41) is 7.24. The first-order valence-corrected chi connectivity index (χ1v) is 14.0. The molecule has 4 bridgehead atoms. The third-order valence-corrected chi connectivity index (χ3v) is 9.20. The summed E-state index contributed by atoms with van der Waals surface area (Å²) < 4.78 is 5.17. The van der Waals surface area contributed by atoms with Crippen LogP contribution in [0, 0.1) is 23.2 Å². The predicted octanol–water partition coefficient (Wildman–Crippen LogP) is 7.25. The average Bonchev–Trinajstić information content (AvgIpc) is 3.36. The zero-order valence-corrected chi connectivity index (χ0v) is 22.1. The van der Waals surface area contributed by atoms with Crippen LogP contribution in [0.25, 0.3) is 22.2 Å². The number of ether oxygens (including phenoxy) is 1. The molecule has 4 fully saturated rings. The highest BCUT2D eigenvalue weighted by molar-refractivity contribution is 6.05. The molecule has 6 nitrogen and oxygen atoms in total. The van der Waals surface area contributed by atoms with Crippen molar-refractivity contribution in [1.29, 1.82) is 0 Å². The lowest BCUT2D eigenvalue weighted by Gasteiger charge is -2.55. The van der Waals surface area contributed by atoms with Crippen LogP contribution in [-0.4, -0.2) is 23.9 Å². The average molecular weight is 520 g/mol. The van der Waals surface area contributed by atoms with Crippen LogP contribution >= 0.6 is 0 Å². The molecule has 0 aliphatic heterocycles. The number of hydrogen-bond donors (Lipinski definition) is 3. The molecule has 2 amide bonds.